The zero-order chi connectivity index (χ0) is 14.0. The maximum atomic E-state index is 6.40. The molecule has 0 saturated carbocycles. The Kier molecular flexibility index (Phi) is 4.99. The molecule has 0 amide bonds. The van der Waals surface area contributed by atoms with Gasteiger partial charge in [0.05, 0.1) is 20.1 Å². The monoisotopic (exact) mass is 333 g/mol. The summed E-state index contributed by atoms with van der Waals surface area (Å²) in [6, 6.07) is 9.28. The van der Waals surface area contributed by atoms with Crippen LogP contribution in [0.2, 0.25) is 20.1 Å². The van der Waals surface area contributed by atoms with E-state index < -0.39 is 0 Å². The number of hydrogen-bond donors (Lipinski definition) is 1. The van der Waals surface area contributed by atoms with Gasteiger partial charge in [-0.3, -0.25) is 0 Å². The van der Waals surface area contributed by atoms with Crippen molar-refractivity contribution < 1.29 is 0 Å². The van der Waals surface area contributed by atoms with Gasteiger partial charge in [0.25, 0.3) is 0 Å². The molecule has 0 radical (unpaired) electrons. The number of rotatable bonds is 3. The first-order valence-corrected chi connectivity index (χ1v) is 7.18. The minimum Gasteiger partial charge on any atom is -0.330 e. The molecule has 0 spiro atoms. The van der Waals surface area contributed by atoms with Gasteiger partial charge in [-0.2, -0.15) is 0 Å². The van der Waals surface area contributed by atoms with E-state index in [0.717, 1.165) is 16.7 Å². The van der Waals surface area contributed by atoms with Gasteiger partial charge in [-0.05, 0) is 24.6 Å². The zero-order valence-electron chi connectivity index (χ0n) is 9.89. The van der Waals surface area contributed by atoms with Crippen molar-refractivity contribution in [2.75, 3.05) is 6.54 Å². The lowest BCUT2D eigenvalue weighted by Gasteiger charge is -2.12. The Morgan fingerprint density at radius 2 is 1.47 bits per heavy atom. The average molecular weight is 335 g/mol. The van der Waals surface area contributed by atoms with E-state index in [1.165, 1.54) is 0 Å². The summed E-state index contributed by atoms with van der Waals surface area (Å²) < 4.78 is 0. The fourth-order valence-electron chi connectivity index (χ4n) is 1.87. The topological polar surface area (TPSA) is 26.0 Å². The first kappa shape index (κ1) is 15.0. The minimum atomic E-state index is 0.334. The summed E-state index contributed by atoms with van der Waals surface area (Å²) in [6.45, 7) is 0.540. The summed E-state index contributed by atoms with van der Waals surface area (Å²) >= 11 is 24.6. The van der Waals surface area contributed by atoms with Gasteiger partial charge in [0.15, 0.2) is 0 Å². The molecular formula is C14H11Cl4N. The second-order valence-electron chi connectivity index (χ2n) is 4.04. The summed E-state index contributed by atoms with van der Waals surface area (Å²) in [4.78, 5) is 0. The maximum absolute atomic E-state index is 6.40. The van der Waals surface area contributed by atoms with Crippen LogP contribution in [-0.4, -0.2) is 6.54 Å². The van der Waals surface area contributed by atoms with Gasteiger partial charge in [0.1, 0.15) is 0 Å². The Morgan fingerprint density at radius 3 is 2.16 bits per heavy atom. The van der Waals surface area contributed by atoms with Crippen LogP contribution in [0.25, 0.3) is 11.1 Å². The van der Waals surface area contributed by atoms with E-state index in [-0.39, 0.29) is 0 Å². The van der Waals surface area contributed by atoms with Gasteiger partial charge < -0.3 is 5.73 Å². The van der Waals surface area contributed by atoms with E-state index in [4.69, 9.17) is 52.1 Å². The number of halogens is 4. The van der Waals surface area contributed by atoms with Crippen LogP contribution in [0.3, 0.4) is 0 Å². The molecule has 0 saturated heterocycles. The maximum Gasteiger partial charge on any atom is 0.0784 e. The largest absolute Gasteiger partial charge is 0.330 e. The van der Waals surface area contributed by atoms with Gasteiger partial charge in [-0.1, -0.05) is 70.7 Å². The lowest BCUT2D eigenvalue weighted by Crippen LogP contribution is -2.03. The standard InChI is InChI=1S/C14H11Cl4N/c15-11-5-4-10(13(17)14(11)18)9-3-1-2-8(6-7-19)12(9)16/h1-5H,6-7,19H2. The van der Waals surface area contributed by atoms with Crippen LogP contribution >= 0.6 is 46.4 Å². The molecule has 0 aliphatic carbocycles. The molecule has 0 atom stereocenters. The Balaban J connectivity index is 2.60. The molecule has 0 fully saturated rings. The summed E-state index contributed by atoms with van der Waals surface area (Å²) in [5.74, 6) is 0. The molecule has 2 aromatic carbocycles. The molecule has 1 nitrogen and oxygen atoms in total. The molecule has 5 heteroatoms. The Morgan fingerprint density at radius 1 is 0.789 bits per heavy atom. The molecule has 2 N–H and O–H groups in total. The van der Waals surface area contributed by atoms with Crippen LogP contribution in [-0.2, 0) is 6.42 Å². The predicted octanol–water partition coefficient (Wildman–Crippen LogP) is 5.47. The Labute approximate surface area is 132 Å². The van der Waals surface area contributed by atoms with Crippen molar-refractivity contribution in [3.05, 3.63) is 56.0 Å². The lowest BCUT2D eigenvalue weighted by molar-refractivity contribution is 0.969. The molecule has 19 heavy (non-hydrogen) atoms. The van der Waals surface area contributed by atoms with E-state index in [2.05, 4.69) is 0 Å². The average Bonchev–Trinajstić information content (AvgIpc) is 2.40. The van der Waals surface area contributed by atoms with E-state index in [1.807, 2.05) is 24.3 Å². The normalized spacial score (nSPS) is 10.8. The van der Waals surface area contributed by atoms with Crippen molar-refractivity contribution in [3.8, 4) is 11.1 Å². The third kappa shape index (κ3) is 3.01. The first-order chi connectivity index (χ1) is 9.06. The number of hydrogen-bond acceptors (Lipinski definition) is 1. The highest BCUT2D eigenvalue weighted by atomic mass is 35.5. The Bertz CT molecular complexity index is 611. The van der Waals surface area contributed by atoms with Crippen LogP contribution in [0, 0.1) is 0 Å². The number of benzene rings is 2. The third-order valence-corrected chi connectivity index (χ3v) is 4.56. The van der Waals surface area contributed by atoms with Gasteiger partial charge in [-0.25, -0.2) is 0 Å². The summed E-state index contributed by atoms with van der Waals surface area (Å²) in [6.07, 6.45) is 0.714. The first-order valence-electron chi connectivity index (χ1n) is 5.67. The van der Waals surface area contributed by atoms with Crippen LogP contribution in [0.4, 0.5) is 0 Å². The highest BCUT2D eigenvalue weighted by molar-refractivity contribution is 6.49. The molecule has 0 bridgehead atoms. The third-order valence-electron chi connectivity index (χ3n) is 2.82. The molecule has 2 aromatic rings. The van der Waals surface area contributed by atoms with Gasteiger partial charge in [0.2, 0.25) is 0 Å². The predicted molar refractivity (Wildman–Crippen MR) is 84.7 cm³/mol. The van der Waals surface area contributed by atoms with Crippen LogP contribution in [0.5, 0.6) is 0 Å². The summed E-state index contributed by atoms with van der Waals surface area (Å²) in [5.41, 5.74) is 8.15. The minimum absolute atomic E-state index is 0.334. The van der Waals surface area contributed by atoms with Crippen molar-refractivity contribution in [1.29, 1.82) is 0 Å². The van der Waals surface area contributed by atoms with Gasteiger partial charge in [0, 0.05) is 11.1 Å². The fraction of sp³-hybridized carbons (Fsp3) is 0.143. The van der Waals surface area contributed by atoms with Crippen LogP contribution in [0.15, 0.2) is 30.3 Å². The molecule has 0 aliphatic rings. The molecular weight excluding hydrogens is 324 g/mol. The van der Waals surface area contributed by atoms with Crippen molar-refractivity contribution in [3.63, 3.8) is 0 Å². The Hall–Kier alpha value is -0.440. The van der Waals surface area contributed by atoms with Crippen molar-refractivity contribution in [2.45, 2.75) is 6.42 Å². The summed E-state index contributed by atoms with van der Waals surface area (Å²) in [7, 11) is 0. The molecule has 0 heterocycles. The molecule has 0 aliphatic heterocycles. The van der Waals surface area contributed by atoms with Crippen molar-refractivity contribution in [1.82, 2.24) is 0 Å². The molecule has 2 rings (SSSR count). The van der Waals surface area contributed by atoms with E-state index in [1.54, 1.807) is 6.07 Å². The van der Waals surface area contributed by atoms with Crippen molar-refractivity contribution >= 4 is 46.4 Å². The lowest BCUT2D eigenvalue weighted by atomic mass is 10.0. The molecule has 0 aromatic heterocycles. The van der Waals surface area contributed by atoms with Crippen LogP contribution < -0.4 is 5.73 Å². The second kappa shape index (κ2) is 6.34. The van der Waals surface area contributed by atoms with Gasteiger partial charge >= 0.3 is 0 Å². The quantitative estimate of drug-likeness (QED) is 0.740. The van der Waals surface area contributed by atoms with E-state index >= 15 is 0 Å². The highest BCUT2D eigenvalue weighted by Crippen LogP contribution is 2.41. The fourth-order valence-corrected chi connectivity index (χ4v) is 2.83. The van der Waals surface area contributed by atoms with E-state index in [9.17, 15) is 0 Å². The molecule has 100 valence electrons. The highest BCUT2D eigenvalue weighted by Gasteiger charge is 2.14. The smallest absolute Gasteiger partial charge is 0.0784 e. The van der Waals surface area contributed by atoms with Crippen LogP contribution in [0.1, 0.15) is 5.56 Å². The SMILES string of the molecule is NCCc1cccc(-c2ccc(Cl)c(Cl)c2Cl)c1Cl. The zero-order valence-corrected chi connectivity index (χ0v) is 12.9. The number of nitrogens with two attached hydrogens (primary N) is 1. The summed E-state index contributed by atoms with van der Waals surface area (Å²) in [5, 5.41) is 1.81. The van der Waals surface area contributed by atoms with E-state index in [0.29, 0.717) is 33.1 Å². The second-order valence-corrected chi connectivity index (χ2v) is 5.58. The molecule has 0 unspecified atom stereocenters. The van der Waals surface area contributed by atoms with Gasteiger partial charge in [-0.15, -0.1) is 0 Å². The van der Waals surface area contributed by atoms with Crippen molar-refractivity contribution in [2.24, 2.45) is 5.73 Å².